The van der Waals surface area contributed by atoms with E-state index in [0.717, 1.165) is 39.1 Å². The summed E-state index contributed by atoms with van der Waals surface area (Å²) in [7, 11) is 0. The Kier molecular flexibility index (Phi) is 11.5. The van der Waals surface area contributed by atoms with Gasteiger partial charge in [-0.2, -0.15) is 0 Å². The Bertz CT molecular complexity index is 282. The van der Waals surface area contributed by atoms with E-state index in [2.05, 4.69) is 35.2 Å². The molecule has 3 heteroatoms. The van der Waals surface area contributed by atoms with Crippen molar-refractivity contribution < 1.29 is 9.53 Å². The van der Waals surface area contributed by atoms with Gasteiger partial charge < -0.3 is 9.53 Å². The summed E-state index contributed by atoms with van der Waals surface area (Å²) in [5.74, 6) is 0. The Hall–Kier alpha value is -1.19. The van der Waals surface area contributed by atoms with Crippen LogP contribution >= 0.6 is 0 Å². The molecule has 0 saturated carbocycles. The lowest BCUT2D eigenvalue weighted by Crippen LogP contribution is -2.35. The molecule has 0 aromatic heterocycles. The van der Waals surface area contributed by atoms with Crippen LogP contribution in [0.15, 0.2) is 30.3 Å². The number of carbonyl (C=O) groups excluding carboxylic acids is 1. The van der Waals surface area contributed by atoms with Crippen LogP contribution in [0.3, 0.4) is 0 Å². The molecule has 102 valence electrons. The Balaban J connectivity index is 0.000000509. The zero-order valence-corrected chi connectivity index (χ0v) is 11.8. The maximum absolute atomic E-state index is 8.81. The first kappa shape index (κ1) is 16.8. The maximum atomic E-state index is 8.81. The molecule has 1 saturated heterocycles. The fourth-order valence-electron chi connectivity index (χ4n) is 1.60. The van der Waals surface area contributed by atoms with E-state index in [1.54, 1.807) is 0 Å². The van der Waals surface area contributed by atoms with Crippen LogP contribution in [0.4, 0.5) is 0 Å². The average molecular weight is 251 g/mol. The van der Waals surface area contributed by atoms with Gasteiger partial charge in [0.05, 0.1) is 13.2 Å². The number of morpholine rings is 1. The normalized spacial score (nSPS) is 14.6. The van der Waals surface area contributed by atoms with Gasteiger partial charge in [0.1, 0.15) is 6.29 Å². The van der Waals surface area contributed by atoms with E-state index in [4.69, 9.17) is 9.53 Å². The molecule has 1 heterocycles. The highest BCUT2D eigenvalue weighted by molar-refractivity contribution is 5.44. The minimum Gasteiger partial charge on any atom is -0.379 e. The fraction of sp³-hybridized carbons (Fsp3) is 0.533. The van der Waals surface area contributed by atoms with Gasteiger partial charge in [-0.1, -0.05) is 44.2 Å². The molecule has 0 aliphatic carbocycles. The summed E-state index contributed by atoms with van der Waals surface area (Å²) in [6.07, 6.45) is 0.750. The predicted molar refractivity (Wildman–Crippen MR) is 75.6 cm³/mol. The summed E-state index contributed by atoms with van der Waals surface area (Å²) in [6, 6.07) is 10.6. The lowest BCUT2D eigenvalue weighted by molar-refractivity contribution is -0.106. The van der Waals surface area contributed by atoms with Crippen LogP contribution in [0.5, 0.6) is 0 Å². The van der Waals surface area contributed by atoms with Crippen molar-refractivity contribution in [1.29, 1.82) is 0 Å². The van der Waals surface area contributed by atoms with Crippen molar-refractivity contribution >= 4 is 6.29 Å². The molecule has 0 bridgehead atoms. The molecule has 2 rings (SSSR count). The summed E-state index contributed by atoms with van der Waals surface area (Å²) in [5.41, 5.74) is 1.39. The molecule has 18 heavy (non-hydrogen) atoms. The Morgan fingerprint density at radius 2 is 1.67 bits per heavy atom. The number of ether oxygens (including phenoxy) is 1. The largest absolute Gasteiger partial charge is 0.379 e. The van der Waals surface area contributed by atoms with Crippen LogP contribution in [0, 0.1) is 0 Å². The quantitative estimate of drug-likeness (QED) is 0.757. The summed E-state index contributed by atoms with van der Waals surface area (Å²) in [5, 5.41) is 0. The highest BCUT2D eigenvalue weighted by atomic mass is 16.5. The number of nitrogens with zero attached hydrogens (tertiary/aromatic N) is 1. The summed E-state index contributed by atoms with van der Waals surface area (Å²) in [4.78, 5) is 11.2. The molecule has 1 aromatic rings. The Morgan fingerprint density at radius 3 is 2.17 bits per heavy atom. The van der Waals surface area contributed by atoms with Gasteiger partial charge in [0, 0.05) is 19.6 Å². The molecule has 0 amide bonds. The van der Waals surface area contributed by atoms with E-state index >= 15 is 0 Å². The highest BCUT2D eigenvalue weighted by Gasteiger charge is 2.09. The second kappa shape index (κ2) is 12.3. The van der Waals surface area contributed by atoms with E-state index in [0.29, 0.717) is 0 Å². The van der Waals surface area contributed by atoms with Crippen molar-refractivity contribution in [3.05, 3.63) is 35.9 Å². The number of rotatable bonds is 2. The summed E-state index contributed by atoms with van der Waals surface area (Å²) in [6.45, 7) is 10.4. The van der Waals surface area contributed by atoms with Crippen molar-refractivity contribution in [2.24, 2.45) is 0 Å². The third kappa shape index (κ3) is 7.98. The SMILES string of the molecule is CC.CC=O.c1ccc(CN2CCOCC2)cc1. The van der Waals surface area contributed by atoms with Gasteiger partial charge in [-0.15, -0.1) is 0 Å². The third-order valence-electron chi connectivity index (χ3n) is 2.35. The molecule has 1 aromatic carbocycles. The molecular weight excluding hydrogens is 226 g/mol. The minimum absolute atomic E-state index is 0.750. The van der Waals surface area contributed by atoms with Gasteiger partial charge in [0.15, 0.2) is 0 Å². The van der Waals surface area contributed by atoms with Crippen LogP contribution in [0.25, 0.3) is 0 Å². The lowest BCUT2D eigenvalue weighted by atomic mass is 10.2. The summed E-state index contributed by atoms with van der Waals surface area (Å²) >= 11 is 0. The molecule has 0 spiro atoms. The van der Waals surface area contributed by atoms with E-state index in [1.807, 2.05) is 13.8 Å². The van der Waals surface area contributed by atoms with Crippen molar-refractivity contribution in [2.75, 3.05) is 26.3 Å². The molecule has 0 N–H and O–H groups in total. The smallest absolute Gasteiger partial charge is 0.116 e. The van der Waals surface area contributed by atoms with Crippen LogP contribution in [0.2, 0.25) is 0 Å². The molecule has 3 nitrogen and oxygen atoms in total. The van der Waals surface area contributed by atoms with Gasteiger partial charge in [-0.25, -0.2) is 0 Å². The predicted octanol–water partition coefficient (Wildman–Crippen LogP) is 2.75. The van der Waals surface area contributed by atoms with Gasteiger partial charge in [-0.3, -0.25) is 4.90 Å². The van der Waals surface area contributed by atoms with E-state index < -0.39 is 0 Å². The van der Waals surface area contributed by atoms with Crippen molar-refractivity contribution in [2.45, 2.75) is 27.3 Å². The molecule has 0 atom stereocenters. The van der Waals surface area contributed by atoms with Crippen LogP contribution < -0.4 is 0 Å². The standard InChI is InChI=1S/C11H15NO.C2H4O.C2H6/c1-2-4-11(5-3-1)10-12-6-8-13-9-7-12;1-2-3;1-2/h1-5H,6-10H2;2H,1H3;1-2H3. The fourth-order valence-corrected chi connectivity index (χ4v) is 1.60. The molecule has 1 aliphatic heterocycles. The van der Waals surface area contributed by atoms with Gasteiger partial charge in [0.2, 0.25) is 0 Å². The van der Waals surface area contributed by atoms with E-state index in [9.17, 15) is 0 Å². The van der Waals surface area contributed by atoms with Gasteiger partial charge in [-0.05, 0) is 12.5 Å². The number of hydrogen-bond donors (Lipinski definition) is 0. The zero-order valence-electron chi connectivity index (χ0n) is 11.8. The second-order valence-corrected chi connectivity index (χ2v) is 3.61. The maximum Gasteiger partial charge on any atom is 0.116 e. The van der Waals surface area contributed by atoms with Gasteiger partial charge >= 0.3 is 0 Å². The zero-order chi connectivity index (χ0) is 13.6. The molecule has 0 radical (unpaired) electrons. The third-order valence-corrected chi connectivity index (χ3v) is 2.35. The number of aldehydes is 1. The first-order valence-corrected chi connectivity index (χ1v) is 6.60. The molecule has 1 fully saturated rings. The van der Waals surface area contributed by atoms with Gasteiger partial charge in [0.25, 0.3) is 0 Å². The second-order valence-electron chi connectivity index (χ2n) is 3.61. The monoisotopic (exact) mass is 251 g/mol. The molecule has 1 aliphatic rings. The minimum atomic E-state index is 0.750. The number of hydrogen-bond acceptors (Lipinski definition) is 3. The van der Waals surface area contributed by atoms with E-state index in [1.165, 1.54) is 12.5 Å². The average Bonchev–Trinajstić information content (AvgIpc) is 2.44. The Labute approximate surface area is 111 Å². The number of benzene rings is 1. The van der Waals surface area contributed by atoms with Crippen LogP contribution in [0.1, 0.15) is 26.3 Å². The highest BCUT2D eigenvalue weighted by Crippen LogP contribution is 2.05. The lowest BCUT2D eigenvalue weighted by Gasteiger charge is -2.26. The summed E-state index contributed by atoms with van der Waals surface area (Å²) < 4.78 is 5.30. The number of carbonyl (C=O) groups is 1. The molecule has 0 unspecified atom stereocenters. The molecular formula is C15H25NO2. The van der Waals surface area contributed by atoms with E-state index in [-0.39, 0.29) is 0 Å². The van der Waals surface area contributed by atoms with Crippen LogP contribution in [-0.4, -0.2) is 37.5 Å². The first-order valence-electron chi connectivity index (χ1n) is 6.60. The Morgan fingerprint density at radius 1 is 1.17 bits per heavy atom. The van der Waals surface area contributed by atoms with Crippen LogP contribution in [-0.2, 0) is 16.1 Å². The first-order chi connectivity index (χ1) is 8.86. The van der Waals surface area contributed by atoms with Crippen molar-refractivity contribution in [3.63, 3.8) is 0 Å². The topological polar surface area (TPSA) is 29.5 Å². The van der Waals surface area contributed by atoms with Crippen molar-refractivity contribution in [3.8, 4) is 0 Å². The van der Waals surface area contributed by atoms with Crippen molar-refractivity contribution in [1.82, 2.24) is 4.90 Å².